The summed E-state index contributed by atoms with van der Waals surface area (Å²) in [6.45, 7) is 3.63. The Kier molecular flexibility index (Phi) is 3.36. The average Bonchev–Trinajstić information content (AvgIpc) is 2.85. The third kappa shape index (κ3) is 2.41. The summed E-state index contributed by atoms with van der Waals surface area (Å²) in [5.74, 6) is -0.146. The second-order valence-corrected chi connectivity index (χ2v) is 5.59. The van der Waals surface area contributed by atoms with Crippen LogP contribution in [0.4, 0.5) is 5.95 Å². The molecule has 2 rings (SSSR count). The predicted octanol–water partition coefficient (Wildman–Crippen LogP) is -1.12. The van der Waals surface area contributed by atoms with E-state index in [1.165, 1.54) is 18.7 Å². The summed E-state index contributed by atoms with van der Waals surface area (Å²) >= 11 is 0. The van der Waals surface area contributed by atoms with Gasteiger partial charge in [-0.2, -0.15) is 4.98 Å². The third-order valence-electron chi connectivity index (χ3n) is 3.46. The van der Waals surface area contributed by atoms with Gasteiger partial charge in [0.05, 0.1) is 5.41 Å². The standard InChI is InChI=1S/C12H18N6O3/c1-12(2,9(13)20)5-14-10-15-6-7(16-10)17(3)11(21)18(4)8(6)19/h5H2,1-4H3,(H2,13,20)(H2,14,15,16). The number of fused-ring (bicyclic) bond motifs is 1. The molecule has 0 radical (unpaired) electrons. The minimum atomic E-state index is -0.768. The van der Waals surface area contributed by atoms with Gasteiger partial charge in [-0.25, -0.2) is 4.79 Å². The number of amides is 1. The number of aromatic amines is 1. The van der Waals surface area contributed by atoms with Crippen molar-refractivity contribution in [2.75, 3.05) is 11.9 Å². The van der Waals surface area contributed by atoms with Gasteiger partial charge in [0, 0.05) is 20.6 Å². The van der Waals surface area contributed by atoms with Gasteiger partial charge in [0.2, 0.25) is 11.9 Å². The lowest BCUT2D eigenvalue weighted by Crippen LogP contribution is -2.37. The molecule has 0 aliphatic carbocycles. The number of rotatable bonds is 4. The molecule has 2 heterocycles. The predicted molar refractivity (Wildman–Crippen MR) is 78.0 cm³/mol. The maximum Gasteiger partial charge on any atom is 0.332 e. The van der Waals surface area contributed by atoms with Crippen molar-refractivity contribution in [2.24, 2.45) is 25.2 Å². The molecular weight excluding hydrogens is 276 g/mol. The first-order valence-corrected chi connectivity index (χ1v) is 6.34. The zero-order chi connectivity index (χ0) is 15.9. The number of carbonyl (C=O) groups excluding carboxylic acids is 1. The monoisotopic (exact) mass is 294 g/mol. The number of nitrogens with zero attached hydrogens (tertiary/aromatic N) is 3. The molecule has 0 bridgehead atoms. The largest absolute Gasteiger partial charge is 0.369 e. The second-order valence-electron chi connectivity index (χ2n) is 5.59. The zero-order valence-corrected chi connectivity index (χ0v) is 12.4. The highest BCUT2D eigenvalue weighted by Crippen LogP contribution is 2.15. The summed E-state index contributed by atoms with van der Waals surface area (Å²) in [7, 11) is 2.93. The Morgan fingerprint density at radius 1 is 1.33 bits per heavy atom. The number of primary amides is 1. The first kappa shape index (κ1) is 14.8. The molecule has 2 aromatic heterocycles. The molecular formula is C12H18N6O3. The highest BCUT2D eigenvalue weighted by molar-refractivity contribution is 5.80. The number of carbonyl (C=O) groups is 1. The molecule has 0 spiro atoms. The first-order valence-electron chi connectivity index (χ1n) is 6.34. The van der Waals surface area contributed by atoms with Crippen molar-refractivity contribution in [3.8, 4) is 0 Å². The smallest absolute Gasteiger partial charge is 0.332 e. The van der Waals surface area contributed by atoms with Crippen LogP contribution >= 0.6 is 0 Å². The van der Waals surface area contributed by atoms with E-state index in [1.807, 2.05) is 0 Å². The van der Waals surface area contributed by atoms with Crippen LogP contribution in [0, 0.1) is 5.41 Å². The normalized spacial score (nSPS) is 11.8. The summed E-state index contributed by atoms with van der Waals surface area (Å²) in [6.07, 6.45) is 0. The van der Waals surface area contributed by atoms with Crippen LogP contribution in [0.1, 0.15) is 13.8 Å². The molecule has 0 aromatic carbocycles. The molecule has 21 heavy (non-hydrogen) atoms. The summed E-state index contributed by atoms with van der Waals surface area (Å²) in [5.41, 5.74) is 4.08. The van der Waals surface area contributed by atoms with Gasteiger partial charge < -0.3 is 16.0 Å². The number of aromatic nitrogens is 4. The van der Waals surface area contributed by atoms with Crippen molar-refractivity contribution in [3.63, 3.8) is 0 Å². The maximum atomic E-state index is 12.0. The van der Waals surface area contributed by atoms with Gasteiger partial charge in [-0.1, -0.05) is 0 Å². The first-order chi connectivity index (χ1) is 9.65. The summed E-state index contributed by atoms with van der Waals surface area (Å²) in [4.78, 5) is 42.1. The van der Waals surface area contributed by atoms with Gasteiger partial charge in [-0.05, 0) is 13.8 Å². The van der Waals surface area contributed by atoms with E-state index in [0.717, 1.165) is 4.57 Å². The van der Waals surface area contributed by atoms with E-state index in [-0.39, 0.29) is 17.7 Å². The number of H-pyrrole nitrogens is 1. The van der Waals surface area contributed by atoms with Gasteiger partial charge >= 0.3 is 5.69 Å². The minimum Gasteiger partial charge on any atom is -0.369 e. The summed E-state index contributed by atoms with van der Waals surface area (Å²) in [5, 5.41) is 2.92. The molecule has 4 N–H and O–H groups in total. The molecule has 0 aliphatic rings. The molecule has 2 aromatic rings. The van der Waals surface area contributed by atoms with Crippen LogP contribution < -0.4 is 22.3 Å². The van der Waals surface area contributed by atoms with E-state index >= 15 is 0 Å². The maximum absolute atomic E-state index is 12.0. The summed E-state index contributed by atoms with van der Waals surface area (Å²) < 4.78 is 2.27. The van der Waals surface area contributed by atoms with Gasteiger partial charge in [0.15, 0.2) is 11.2 Å². The van der Waals surface area contributed by atoms with Crippen LogP contribution in [0.5, 0.6) is 0 Å². The highest BCUT2D eigenvalue weighted by Gasteiger charge is 2.25. The lowest BCUT2D eigenvalue weighted by atomic mass is 9.93. The number of nitrogens with one attached hydrogen (secondary N) is 2. The molecule has 0 fully saturated rings. The highest BCUT2D eigenvalue weighted by atomic mass is 16.2. The van der Waals surface area contributed by atoms with Gasteiger partial charge in [0.25, 0.3) is 5.56 Å². The number of anilines is 1. The van der Waals surface area contributed by atoms with Crippen LogP contribution in [-0.4, -0.2) is 31.6 Å². The number of hydrogen-bond donors (Lipinski definition) is 3. The minimum absolute atomic E-state index is 0.221. The average molecular weight is 294 g/mol. The van der Waals surface area contributed by atoms with Crippen molar-refractivity contribution < 1.29 is 4.79 Å². The Morgan fingerprint density at radius 3 is 2.52 bits per heavy atom. The van der Waals surface area contributed by atoms with Gasteiger partial charge in [-0.15, -0.1) is 0 Å². The quantitative estimate of drug-likeness (QED) is 0.658. The van der Waals surface area contributed by atoms with Crippen LogP contribution in [0.2, 0.25) is 0 Å². The number of aryl methyl sites for hydroxylation is 1. The van der Waals surface area contributed by atoms with Crippen LogP contribution in [0.15, 0.2) is 9.59 Å². The molecule has 1 amide bonds. The molecule has 0 aliphatic heterocycles. The van der Waals surface area contributed by atoms with Crippen LogP contribution in [0.3, 0.4) is 0 Å². The number of imidazole rings is 1. The van der Waals surface area contributed by atoms with E-state index < -0.39 is 22.6 Å². The summed E-state index contributed by atoms with van der Waals surface area (Å²) in [6, 6.07) is 0. The lowest BCUT2D eigenvalue weighted by Gasteiger charge is -2.20. The van der Waals surface area contributed by atoms with E-state index in [1.54, 1.807) is 13.8 Å². The van der Waals surface area contributed by atoms with E-state index in [0.29, 0.717) is 5.95 Å². The molecule has 9 nitrogen and oxygen atoms in total. The van der Waals surface area contributed by atoms with Crippen molar-refractivity contribution >= 4 is 23.0 Å². The van der Waals surface area contributed by atoms with Gasteiger partial charge in [-0.3, -0.25) is 18.7 Å². The molecule has 0 saturated heterocycles. The van der Waals surface area contributed by atoms with E-state index in [9.17, 15) is 14.4 Å². The van der Waals surface area contributed by atoms with E-state index in [2.05, 4.69) is 15.3 Å². The fourth-order valence-electron chi connectivity index (χ4n) is 1.80. The van der Waals surface area contributed by atoms with Gasteiger partial charge in [0.1, 0.15) is 0 Å². The zero-order valence-electron chi connectivity index (χ0n) is 12.4. The molecule has 114 valence electrons. The van der Waals surface area contributed by atoms with Crippen molar-refractivity contribution in [3.05, 3.63) is 20.8 Å². The Bertz CT molecular complexity index is 826. The van der Waals surface area contributed by atoms with E-state index in [4.69, 9.17) is 5.73 Å². The van der Waals surface area contributed by atoms with Crippen molar-refractivity contribution in [1.29, 1.82) is 0 Å². The number of hydrogen-bond acceptors (Lipinski definition) is 5. The topological polar surface area (TPSA) is 128 Å². The molecule has 0 atom stereocenters. The van der Waals surface area contributed by atoms with Crippen LogP contribution in [-0.2, 0) is 18.9 Å². The number of nitrogens with two attached hydrogens (primary N) is 1. The van der Waals surface area contributed by atoms with Crippen LogP contribution in [0.25, 0.3) is 11.2 Å². The SMILES string of the molecule is Cn1c(=O)c2[nH]c(NCC(C)(C)C(N)=O)nc2n(C)c1=O. The second kappa shape index (κ2) is 4.76. The molecule has 0 saturated carbocycles. The Balaban J connectivity index is 2.43. The fraction of sp³-hybridized carbons (Fsp3) is 0.500. The van der Waals surface area contributed by atoms with Crippen molar-refractivity contribution in [2.45, 2.75) is 13.8 Å². The lowest BCUT2D eigenvalue weighted by molar-refractivity contribution is -0.125. The third-order valence-corrected chi connectivity index (χ3v) is 3.46. The fourth-order valence-corrected chi connectivity index (χ4v) is 1.80. The van der Waals surface area contributed by atoms with Crippen molar-refractivity contribution in [1.82, 2.24) is 19.1 Å². The Morgan fingerprint density at radius 2 is 1.95 bits per heavy atom. The molecule has 9 heteroatoms. The Hall–Kier alpha value is -2.58. The molecule has 0 unspecified atom stereocenters. The Labute approximate surface area is 119 Å².